The molecule has 9 heteroatoms. The van der Waals surface area contributed by atoms with Gasteiger partial charge in [0.2, 0.25) is 15.9 Å². The molecule has 4 rings (SSSR count). The van der Waals surface area contributed by atoms with Crippen molar-refractivity contribution in [3.8, 4) is 0 Å². The fourth-order valence-electron chi connectivity index (χ4n) is 3.36. The lowest BCUT2D eigenvalue weighted by Gasteiger charge is -2.34. The Kier molecular flexibility index (Phi) is 5.20. The van der Waals surface area contributed by atoms with Gasteiger partial charge in [-0.1, -0.05) is 36.4 Å². The average molecular weight is 432 g/mol. The molecule has 0 saturated heterocycles. The van der Waals surface area contributed by atoms with Gasteiger partial charge in [0, 0.05) is 17.6 Å². The summed E-state index contributed by atoms with van der Waals surface area (Å²) in [5.74, 6) is -1.34. The lowest BCUT2D eigenvalue weighted by atomic mass is 9.95. The van der Waals surface area contributed by atoms with Gasteiger partial charge in [0.1, 0.15) is 16.8 Å². The molecule has 29 heavy (non-hydrogen) atoms. The molecule has 1 amide bonds. The lowest BCUT2D eigenvalue weighted by Crippen LogP contribution is -2.50. The molecule has 1 aromatic heterocycles. The van der Waals surface area contributed by atoms with E-state index in [4.69, 9.17) is 0 Å². The smallest absolute Gasteiger partial charge is 0.247 e. The van der Waals surface area contributed by atoms with Crippen LogP contribution >= 0.6 is 11.3 Å². The number of fused-ring (bicyclic) bond motifs is 1. The van der Waals surface area contributed by atoms with E-state index < -0.39 is 32.7 Å². The number of hydrogen-bond donors (Lipinski definition) is 1. The minimum atomic E-state index is -4.24. The van der Waals surface area contributed by atoms with Crippen molar-refractivity contribution in [1.29, 1.82) is 0 Å². The van der Waals surface area contributed by atoms with Crippen molar-refractivity contribution in [2.24, 2.45) is 0 Å². The second-order valence-corrected chi connectivity index (χ2v) is 9.83. The van der Waals surface area contributed by atoms with E-state index in [1.165, 1.54) is 29.5 Å². The SMILES string of the molecule is Cc1cnc(NC(=O)[C@H]2Cc3ccccc3CN2S(=O)(=O)c2ccccc2F)s1. The van der Waals surface area contributed by atoms with Crippen molar-refractivity contribution in [3.63, 3.8) is 0 Å². The summed E-state index contributed by atoms with van der Waals surface area (Å²) in [6.07, 6.45) is 1.82. The summed E-state index contributed by atoms with van der Waals surface area (Å²) in [7, 11) is -4.24. The van der Waals surface area contributed by atoms with Gasteiger partial charge in [0.25, 0.3) is 0 Å². The number of carbonyl (C=O) groups is 1. The molecule has 0 bridgehead atoms. The maximum atomic E-state index is 14.3. The summed E-state index contributed by atoms with van der Waals surface area (Å²) in [4.78, 5) is 17.6. The van der Waals surface area contributed by atoms with Crippen LogP contribution in [-0.4, -0.2) is 29.7 Å². The Labute approximate surface area is 172 Å². The highest BCUT2D eigenvalue weighted by atomic mass is 32.2. The van der Waals surface area contributed by atoms with Crippen LogP contribution in [0.4, 0.5) is 9.52 Å². The maximum Gasteiger partial charge on any atom is 0.247 e. The molecule has 1 atom stereocenters. The molecule has 0 fully saturated rings. The fraction of sp³-hybridized carbons (Fsp3) is 0.200. The molecule has 0 spiro atoms. The Bertz CT molecular complexity index is 1180. The molecule has 1 aliphatic rings. The van der Waals surface area contributed by atoms with Crippen LogP contribution < -0.4 is 5.32 Å². The number of benzene rings is 2. The third kappa shape index (κ3) is 3.81. The molecule has 3 aromatic rings. The Hall–Kier alpha value is -2.62. The summed E-state index contributed by atoms with van der Waals surface area (Å²) >= 11 is 1.30. The number of thiazole rings is 1. The van der Waals surface area contributed by atoms with Crippen molar-refractivity contribution in [2.45, 2.75) is 30.8 Å². The zero-order chi connectivity index (χ0) is 20.6. The van der Waals surface area contributed by atoms with Crippen molar-refractivity contribution in [1.82, 2.24) is 9.29 Å². The number of anilines is 1. The number of aryl methyl sites for hydroxylation is 1. The number of nitrogens with zero attached hydrogens (tertiary/aromatic N) is 2. The van der Waals surface area contributed by atoms with Crippen LogP contribution in [0.2, 0.25) is 0 Å². The molecule has 1 N–H and O–H groups in total. The van der Waals surface area contributed by atoms with Gasteiger partial charge in [-0.25, -0.2) is 17.8 Å². The zero-order valence-electron chi connectivity index (χ0n) is 15.5. The second kappa shape index (κ2) is 7.66. The Morgan fingerprint density at radius 3 is 2.55 bits per heavy atom. The molecular weight excluding hydrogens is 413 g/mol. The molecule has 1 aliphatic heterocycles. The quantitative estimate of drug-likeness (QED) is 0.687. The molecular formula is C20H18FN3O3S2. The number of amides is 1. The molecule has 2 heterocycles. The minimum Gasteiger partial charge on any atom is -0.301 e. The third-order valence-electron chi connectivity index (χ3n) is 4.78. The molecule has 0 radical (unpaired) electrons. The topological polar surface area (TPSA) is 79.4 Å². The Morgan fingerprint density at radius 1 is 1.17 bits per heavy atom. The molecule has 0 unspecified atom stereocenters. The van der Waals surface area contributed by atoms with Crippen molar-refractivity contribution in [2.75, 3.05) is 5.32 Å². The number of rotatable bonds is 4. The van der Waals surface area contributed by atoms with Gasteiger partial charge < -0.3 is 5.32 Å². The fourth-order valence-corrected chi connectivity index (χ4v) is 5.66. The van der Waals surface area contributed by atoms with E-state index in [1.807, 2.05) is 31.2 Å². The first-order chi connectivity index (χ1) is 13.9. The minimum absolute atomic E-state index is 0.0121. The first-order valence-electron chi connectivity index (χ1n) is 8.93. The number of aromatic nitrogens is 1. The highest BCUT2D eigenvalue weighted by molar-refractivity contribution is 7.89. The molecule has 0 aliphatic carbocycles. The number of carbonyl (C=O) groups excluding carboxylic acids is 1. The van der Waals surface area contributed by atoms with Crippen LogP contribution in [0.5, 0.6) is 0 Å². The number of nitrogens with one attached hydrogen (secondary N) is 1. The van der Waals surface area contributed by atoms with E-state index in [-0.39, 0.29) is 13.0 Å². The molecule has 6 nitrogen and oxygen atoms in total. The maximum absolute atomic E-state index is 14.3. The largest absolute Gasteiger partial charge is 0.301 e. The highest BCUT2D eigenvalue weighted by Gasteiger charge is 2.40. The normalized spacial score (nSPS) is 17.0. The number of sulfonamides is 1. The lowest BCUT2D eigenvalue weighted by molar-refractivity contribution is -0.120. The van der Waals surface area contributed by atoms with E-state index in [9.17, 15) is 17.6 Å². The predicted octanol–water partition coefficient (Wildman–Crippen LogP) is 3.34. The van der Waals surface area contributed by atoms with Crippen LogP contribution in [0.1, 0.15) is 16.0 Å². The van der Waals surface area contributed by atoms with Crippen LogP contribution in [-0.2, 0) is 27.8 Å². The van der Waals surface area contributed by atoms with E-state index in [0.717, 1.165) is 26.4 Å². The van der Waals surface area contributed by atoms with Crippen LogP contribution in [0.15, 0.2) is 59.6 Å². The van der Waals surface area contributed by atoms with Gasteiger partial charge >= 0.3 is 0 Å². The van der Waals surface area contributed by atoms with E-state index in [0.29, 0.717) is 5.13 Å². The summed E-state index contributed by atoms with van der Waals surface area (Å²) in [6, 6.07) is 11.5. The molecule has 150 valence electrons. The summed E-state index contributed by atoms with van der Waals surface area (Å²) < 4.78 is 41.9. The molecule has 2 aromatic carbocycles. The predicted molar refractivity (Wildman–Crippen MR) is 109 cm³/mol. The van der Waals surface area contributed by atoms with E-state index in [2.05, 4.69) is 10.3 Å². The second-order valence-electron chi connectivity index (χ2n) is 6.73. The number of hydrogen-bond acceptors (Lipinski definition) is 5. The summed E-state index contributed by atoms with van der Waals surface area (Å²) in [6.45, 7) is 1.85. The molecule has 0 saturated carbocycles. The monoisotopic (exact) mass is 431 g/mol. The van der Waals surface area contributed by atoms with Crippen LogP contribution in [0, 0.1) is 12.7 Å². The third-order valence-corrected chi connectivity index (χ3v) is 7.50. The first kappa shape index (κ1) is 19.7. The number of halogens is 1. The van der Waals surface area contributed by atoms with E-state index in [1.54, 1.807) is 6.20 Å². The van der Waals surface area contributed by atoms with Gasteiger partial charge in [0.15, 0.2) is 5.13 Å². The average Bonchev–Trinajstić information content (AvgIpc) is 3.11. The van der Waals surface area contributed by atoms with Gasteiger partial charge in [-0.05, 0) is 36.6 Å². The van der Waals surface area contributed by atoms with Crippen LogP contribution in [0.3, 0.4) is 0 Å². The highest BCUT2D eigenvalue weighted by Crippen LogP contribution is 2.31. The van der Waals surface area contributed by atoms with E-state index >= 15 is 0 Å². The van der Waals surface area contributed by atoms with Crippen molar-refractivity contribution < 1.29 is 17.6 Å². The summed E-state index contributed by atoms with van der Waals surface area (Å²) in [5.41, 5.74) is 1.68. The van der Waals surface area contributed by atoms with Gasteiger partial charge in [0.05, 0.1) is 0 Å². The Balaban J connectivity index is 1.74. The van der Waals surface area contributed by atoms with Crippen LogP contribution in [0.25, 0.3) is 0 Å². The Morgan fingerprint density at radius 2 is 1.86 bits per heavy atom. The zero-order valence-corrected chi connectivity index (χ0v) is 17.1. The summed E-state index contributed by atoms with van der Waals surface area (Å²) in [5, 5.41) is 3.10. The first-order valence-corrected chi connectivity index (χ1v) is 11.2. The van der Waals surface area contributed by atoms with Gasteiger partial charge in [-0.2, -0.15) is 4.31 Å². The van der Waals surface area contributed by atoms with Gasteiger partial charge in [-0.3, -0.25) is 4.79 Å². The van der Waals surface area contributed by atoms with Crippen molar-refractivity contribution >= 4 is 32.4 Å². The standard InChI is InChI=1S/C20H18FN3O3S2/c1-13-11-22-20(28-13)23-19(25)17-10-14-6-2-3-7-15(14)12-24(17)29(26,27)18-9-5-4-8-16(18)21/h2-9,11,17H,10,12H2,1H3,(H,22,23,25)/t17-/m1/s1. The van der Waals surface area contributed by atoms with Crippen molar-refractivity contribution in [3.05, 3.63) is 76.5 Å². The van der Waals surface area contributed by atoms with Gasteiger partial charge in [-0.15, -0.1) is 11.3 Å².